The molecule has 1 N–H and O–H groups in total. The average molecular weight is 352 g/mol. The van der Waals surface area contributed by atoms with Crippen molar-refractivity contribution in [3.05, 3.63) is 57.3 Å². The normalized spacial score (nSPS) is 16.8. The number of nitrogens with one attached hydrogen (secondary N) is 1. The molecule has 0 aliphatic carbocycles. The molecule has 1 aromatic heterocycles. The number of allylic oxidation sites excluding steroid dienone is 1. The van der Waals surface area contributed by atoms with Gasteiger partial charge in [-0.05, 0) is 19.9 Å². The van der Waals surface area contributed by atoms with E-state index >= 15 is 0 Å². The highest BCUT2D eigenvalue weighted by Gasteiger charge is 2.34. The Morgan fingerprint density at radius 2 is 2.17 bits per heavy atom. The summed E-state index contributed by atoms with van der Waals surface area (Å²) in [6, 6.07) is 6.68. The van der Waals surface area contributed by atoms with E-state index in [-0.39, 0.29) is 6.61 Å². The number of carbonyl (C=O) groups excluding carboxylic acids is 1. The summed E-state index contributed by atoms with van der Waals surface area (Å²) in [6.07, 6.45) is 1.66. The minimum absolute atomic E-state index is 0.289. The van der Waals surface area contributed by atoms with Gasteiger partial charge in [-0.1, -0.05) is 35.3 Å². The maximum absolute atomic E-state index is 12.5. The second-order valence-corrected chi connectivity index (χ2v) is 5.88. The van der Waals surface area contributed by atoms with Crippen molar-refractivity contribution in [1.29, 1.82) is 0 Å². The van der Waals surface area contributed by atoms with Crippen LogP contribution in [0.25, 0.3) is 0 Å². The van der Waals surface area contributed by atoms with Crippen LogP contribution in [0.4, 0.5) is 5.82 Å². The Hall–Kier alpha value is -1.98. The molecule has 7 heteroatoms. The minimum atomic E-state index is -0.494. The predicted octanol–water partition coefficient (Wildman–Crippen LogP) is 4.04. The van der Waals surface area contributed by atoms with Crippen LogP contribution < -0.4 is 5.32 Å². The summed E-state index contributed by atoms with van der Waals surface area (Å²) in [5.74, 6) is 0.372. The van der Waals surface area contributed by atoms with Gasteiger partial charge in [-0.2, -0.15) is 5.10 Å². The van der Waals surface area contributed by atoms with E-state index in [9.17, 15) is 4.79 Å². The van der Waals surface area contributed by atoms with Crippen LogP contribution in [0.2, 0.25) is 10.0 Å². The molecule has 0 radical (unpaired) electrons. The highest BCUT2D eigenvalue weighted by atomic mass is 35.5. The Labute approximate surface area is 143 Å². The van der Waals surface area contributed by atoms with E-state index in [4.69, 9.17) is 27.9 Å². The Morgan fingerprint density at radius 3 is 2.91 bits per heavy atom. The molecule has 1 unspecified atom stereocenters. The van der Waals surface area contributed by atoms with Crippen LogP contribution in [0.1, 0.15) is 25.5 Å². The summed E-state index contributed by atoms with van der Waals surface area (Å²) in [5, 5.41) is 8.32. The summed E-state index contributed by atoms with van der Waals surface area (Å²) in [5.41, 5.74) is 1.87. The van der Waals surface area contributed by atoms with E-state index in [1.807, 2.05) is 19.1 Å². The van der Waals surface area contributed by atoms with Gasteiger partial charge in [0.1, 0.15) is 11.9 Å². The van der Waals surface area contributed by atoms with Gasteiger partial charge >= 0.3 is 5.97 Å². The minimum Gasteiger partial charge on any atom is -0.463 e. The van der Waals surface area contributed by atoms with Crippen LogP contribution >= 0.6 is 23.2 Å². The Morgan fingerprint density at radius 1 is 1.39 bits per heavy atom. The fourth-order valence-electron chi connectivity index (χ4n) is 2.70. The lowest BCUT2D eigenvalue weighted by Crippen LogP contribution is -2.29. The largest absolute Gasteiger partial charge is 0.463 e. The summed E-state index contributed by atoms with van der Waals surface area (Å²) >= 11 is 12.5. The number of halogens is 2. The third-order valence-corrected chi connectivity index (χ3v) is 4.51. The molecule has 1 aliphatic rings. The molecule has 0 fully saturated rings. The zero-order valence-corrected chi connectivity index (χ0v) is 14.1. The van der Waals surface area contributed by atoms with Crippen molar-refractivity contribution in [2.45, 2.75) is 19.9 Å². The first kappa shape index (κ1) is 15.9. The molecule has 2 aromatic rings. The number of benzene rings is 1. The highest BCUT2D eigenvalue weighted by molar-refractivity contribution is 6.42. The second-order valence-electron chi connectivity index (χ2n) is 5.09. The van der Waals surface area contributed by atoms with E-state index < -0.39 is 12.0 Å². The first-order chi connectivity index (χ1) is 11.0. The number of nitrogens with zero attached hydrogens (tertiary/aromatic N) is 2. The standard InChI is InChI=1S/C16H15Cl2N3O2/c1-3-23-16(22)13-9(2)20-12-7-8-19-21(12)15(13)10-5-4-6-11(17)14(10)18/h4-8,15,20H,3H2,1-2H3. The molecule has 0 spiro atoms. The Kier molecular flexibility index (Phi) is 4.33. The lowest BCUT2D eigenvalue weighted by Gasteiger charge is -2.29. The lowest BCUT2D eigenvalue weighted by molar-refractivity contribution is -0.139. The quantitative estimate of drug-likeness (QED) is 0.847. The maximum Gasteiger partial charge on any atom is 0.338 e. The van der Waals surface area contributed by atoms with Gasteiger partial charge in [-0.25, -0.2) is 9.48 Å². The van der Waals surface area contributed by atoms with Crippen LogP contribution in [-0.4, -0.2) is 22.4 Å². The number of hydrogen-bond acceptors (Lipinski definition) is 4. The van der Waals surface area contributed by atoms with Gasteiger partial charge in [0.05, 0.1) is 28.4 Å². The van der Waals surface area contributed by atoms with Crippen LogP contribution in [0.5, 0.6) is 0 Å². The van der Waals surface area contributed by atoms with Crippen LogP contribution in [0.3, 0.4) is 0 Å². The van der Waals surface area contributed by atoms with Gasteiger partial charge in [-0.15, -0.1) is 0 Å². The Balaban J connectivity index is 2.21. The van der Waals surface area contributed by atoms with E-state index in [0.29, 0.717) is 26.9 Å². The van der Waals surface area contributed by atoms with Crippen molar-refractivity contribution in [2.24, 2.45) is 0 Å². The highest BCUT2D eigenvalue weighted by Crippen LogP contribution is 2.40. The smallest absolute Gasteiger partial charge is 0.338 e. The molecule has 0 saturated heterocycles. The molecule has 0 amide bonds. The number of hydrogen-bond donors (Lipinski definition) is 1. The molecule has 2 heterocycles. The maximum atomic E-state index is 12.5. The second kappa shape index (κ2) is 6.26. The number of esters is 1. The first-order valence-electron chi connectivity index (χ1n) is 7.17. The molecule has 0 bridgehead atoms. The number of aromatic nitrogens is 2. The summed E-state index contributed by atoms with van der Waals surface area (Å²) in [4.78, 5) is 12.5. The van der Waals surface area contributed by atoms with Crippen molar-refractivity contribution >= 4 is 35.0 Å². The number of carbonyl (C=O) groups is 1. The summed E-state index contributed by atoms with van der Waals surface area (Å²) in [7, 11) is 0. The number of anilines is 1. The monoisotopic (exact) mass is 351 g/mol. The molecular weight excluding hydrogens is 337 g/mol. The molecule has 1 atom stereocenters. The molecule has 5 nitrogen and oxygen atoms in total. The van der Waals surface area contributed by atoms with E-state index in [0.717, 1.165) is 5.82 Å². The van der Waals surface area contributed by atoms with E-state index in [2.05, 4.69) is 10.4 Å². The zero-order valence-electron chi connectivity index (χ0n) is 12.6. The molecule has 23 heavy (non-hydrogen) atoms. The molecule has 1 aromatic carbocycles. The number of ether oxygens (including phenoxy) is 1. The SMILES string of the molecule is CCOC(=O)C1=C(C)Nc2ccnn2C1c1cccc(Cl)c1Cl. The van der Waals surface area contributed by atoms with Gasteiger partial charge in [0.15, 0.2) is 0 Å². The summed E-state index contributed by atoms with van der Waals surface area (Å²) < 4.78 is 6.92. The first-order valence-corrected chi connectivity index (χ1v) is 7.92. The molecule has 3 rings (SSSR count). The van der Waals surface area contributed by atoms with E-state index in [1.54, 1.807) is 29.9 Å². The predicted molar refractivity (Wildman–Crippen MR) is 89.8 cm³/mol. The zero-order chi connectivity index (χ0) is 16.6. The Bertz CT molecular complexity index is 798. The molecule has 1 aliphatic heterocycles. The van der Waals surface area contributed by atoms with Crippen molar-refractivity contribution in [1.82, 2.24) is 9.78 Å². The number of rotatable bonds is 3. The van der Waals surface area contributed by atoms with Gasteiger partial charge in [0, 0.05) is 17.3 Å². The van der Waals surface area contributed by atoms with Crippen molar-refractivity contribution < 1.29 is 9.53 Å². The average Bonchev–Trinajstić information content (AvgIpc) is 2.97. The van der Waals surface area contributed by atoms with Gasteiger partial charge in [-0.3, -0.25) is 0 Å². The topological polar surface area (TPSA) is 56.1 Å². The fourth-order valence-corrected chi connectivity index (χ4v) is 3.11. The fraction of sp³-hybridized carbons (Fsp3) is 0.250. The van der Waals surface area contributed by atoms with Crippen LogP contribution in [0.15, 0.2) is 41.7 Å². The third-order valence-electron chi connectivity index (χ3n) is 3.68. The van der Waals surface area contributed by atoms with Crippen LogP contribution in [-0.2, 0) is 9.53 Å². The van der Waals surface area contributed by atoms with Gasteiger partial charge in [0.2, 0.25) is 0 Å². The lowest BCUT2D eigenvalue weighted by atomic mass is 9.95. The third kappa shape index (κ3) is 2.71. The number of fused-ring (bicyclic) bond motifs is 1. The molecular formula is C16H15Cl2N3O2. The van der Waals surface area contributed by atoms with Crippen molar-refractivity contribution in [2.75, 3.05) is 11.9 Å². The van der Waals surface area contributed by atoms with Crippen molar-refractivity contribution in [3.8, 4) is 0 Å². The van der Waals surface area contributed by atoms with Gasteiger partial charge in [0.25, 0.3) is 0 Å². The van der Waals surface area contributed by atoms with E-state index in [1.165, 1.54) is 0 Å². The van der Waals surface area contributed by atoms with Crippen LogP contribution in [0, 0.1) is 0 Å². The van der Waals surface area contributed by atoms with Gasteiger partial charge < -0.3 is 10.1 Å². The molecule has 0 saturated carbocycles. The molecule has 120 valence electrons. The summed E-state index contributed by atoms with van der Waals surface area (Å²) in [6.45, 7) is 3.89. The van der Waals surface area contributed by atoms with Crippen molar-refractivity contribution in [3.63, 3.8) is 0 Å².